The van der Waals surface area contributed by atoms with Gasteiger partial charge < -0.3 is 24.9 Å². The standard InChI is InChI=1S/C8HF15O2.C4H6O7S.Li.Na/c9-2(10,1(24)25)3(11,12)4(13,14)5(15,16)6(17,18)7(19,20)8(21,22)23;5-3(6)1-2(4(7)8)12(9,10)11;;/h(H,24,25);2H,1H2,(H,5,6)(H,7,8)(H,9,10,11);;/q;;2*+1/p-2. The minimum absolute atomic E-state index is 0. The molecule has 1 unspecified atom stereocenters. The van der Waals surface area contributed by atoms with Crippen LogP contribution in [0, 0.1) is 0 Å². The zero-order valence-corrected chi connectivity index (χ0v) is 20.9. The minimum Gasteiger partial charge on any atom is -0.549 e. The molecule has 39 heavy (non-hydrogen) atoms. The summed E-state index contributed by atoms with van der Waals surface area (Å²) in [6.07, 6.45) is -8.93. The third kappa shape index (κ3) is 8.44. The van der Waals surface area contributed by atoms with E-state index in [-0.39, 0.29) is 48.4 Å². The number of hydrogen-bond acceptors (Lipinski definition) is 7. The van der Waals surface area contributed by atoms with Crippen molar-refractivity contribution in [1.82, 2.24) is 0 Å². The van der Waals surface area contributed by atoms with Crippen LogP contribution in [0.15, 0.2) is 0 Å². The maximum absolute atomic E-state index is 12.8. The van der Waals surface area contributed by atoms with Crippen molar-refractivity contribution in [2.75, 3.05) is 0 Å². The molecule has 0 aliphatic heterocycles. The summed E-state index contributed by atoms with van der Waals surface area (Å²) < 4.78 is 215. The van der Waals surface area contributed by atoms with Crippen molar-refractivity contribution in [2.24, 2.45) is 0 Å². The van der Waals surface area contributed by atoms with Crippen LogP contribution in [0.2, 0.25) is 0 Å². The third-order valence-corrected chi connectivity index (χ3v) is 4.64. The van der Waals surface area contributed by atoms with Gasteiger partial charge in [-0.3, -0.25) is 9.35 Å². The van der Waals surface area contributed by atoms with Crippen molar-refractivity contribution in [1.29, 1.82) is 0 Å². The number of halogens is 15. The number of rotatable bonds is 10. The molecule has 0 fully saturated rings. The molecule has 9 nitrogen and oxygen atoms in total. The first kappa shape index (κ1) is 44.9. The molecule has 0 saturated carbocycles. The number of alkyl halides is 15. The van der Waals surface area contributed by atoms with Gasteiger partial charge in [0.15, 0.2) is 0 Å². The first-order valence-corrected chi connectivity index (χ1v) is 9.13. The van der Waals surface area contributed by atoms with Gasteiger partial charge in [-0.25, -0.2) is 0 Å². The molecule has 0 rings (SSSR count). The molecule has 0 aromatic carbocycles. The van der Waals surface area contributed by atoms with E-state index in [1.807, 2.05) is 0 Å². The predicted octanol–water partition coefficient (Wildman–Crippen LogP) is -5.41. The molecule has 0 aliphatic rings. The van der Waals surface area contributed by atoms with E-state index >= 15 is 0 Å². The molecule has 0 amide bonds. The van der Waals surface area contributed by atoms with Gasteiger partial charge in [0.05, 0.1) is 12.4 Å². The second kappa shape index (κ2) is 13.2. The van der Waals surface area contributed by atoms with Gasteiger partial charge in [-0.2, -0.15) is 74.3 Å². The van der Waals surface area contributed by atoms with Gasteiger partial charge in [0, 0.05) is 0 Å². The van der Waals surface area contributed by atoms with E-state index in [0.717, 1.165) is 0 Å². The molecule has 27 heteroatoms. The molecule has 220 valence electrons. The molecule has 0 radical (unpaired) electrons. The number of hydrogen-bond donors (Lipinski definition) is 2. The molecule has 0 bridgehead atoms. The number of carbonyl (C=O) groups is 3. The fourth-order valence-corrected chi connectivity index (χ4v) is 2.16. The Morgan fingerprint density at radius 2 is 0.949 bits per heavy atom. The molecule has 0 aromatic rings. The third-order valence-electron chi connectivity index (χ3n) is 3.57. The normalized spacial score (nSPS) is 14.6. The van der Waals surface area contributed by atoms with E-state index in [4.69, 9.17) is 9.66 Å². The van der Waals surface area contributed by atoms with Crippen molar-refractivity contribution in [3.05, 3.63) is 0 Å². The molecular formula is C12H5F15LiNaO9S. The Balaban J connectivity index is -0.000000371. The van der Waals surface area contributed by atoms with Gasteiger partial charge in [-0.1, -0.05) is 0 Å². The van der Waals surface area contributed by atoms with Crippen LogP contribution >= 0.6 is 0 Å². The molecule has 1 atom stereocenters. The molecule has 0 spiro atoms. The summed E-state index contributed by atoms with van der Waals surface area (Å²) in [7, 11) is -4.90. The number of carboxylic acid groups (broad SMARTS) is 3. The van der Waals surface area contributed by atoms with Gasteiger partial charge in [-0.15, -0.1) is 0 Å². The Morgan fingerprint density at radius 1 is 0.667 bits per heavy atom. The quantitative estimate of drug-likeness (QED) is 0.134. The molecular weight excluding hydrogens is 635 g/mol. The van der Waals surface area contributed by atoms with Gasteiger partial charge in [0.1, 0.15) is 11.2 Å². The van der Waals surface area contributed by atoms with Gasteiger partial charge in [-0.05, 0) is 0 Å². The SMILES string of the molecule is O=C(O)CC(C(=O)[O-])S(=O)(=O)O.O=C([O-])C(F)(F)C(F)(F)C(F)(F)C(F)(F)C(F)(F)C(F)(F)C(F)(F)F.[Li+].[Na+]. The Morgan fingerprint density at radius 3 is 1.13 bits per heavy atom. The molecule has 0 aromatic heterocycles. The summed E-state index contributed by atoms with van der Waals surface area (Å²) >= 11 is 0. The van der Waals surface area contributed by atoms with Gasteiger partial charge >= 0.3 is 96.1 Å². The van der Waals surface area contributed by atoms with Crippen LogP contribution in [0.25, 0.3) is 0 Å². The van der Waals surface area contributed by atoms with Gasteiger partial charge in [0.2, 0.25) is 0 Å². The molecule has 2 N–H and O–H groups in total. The van der Waals surface area contributed by atoms with Crippen LogP contribution in [-0.4, -0.2) is 82.9 Å². The smallest absolute Gasteiger partial charge is 0.549 e. The van der Waals surface area contributed by atoms with Gasteiger partial charge in [0.25, 0.3) is 10.1 Å². The zero-order chi connectivity index (χ0) is 31.0. The average molecular weight is 640 g/mol. The Labute approximate surface area is 237 Å². The Kier molecular flexibility index (Phi) is 15.2. The van der Waals surface area contributed by atoms with Crippen LogP contribution < -0.4 is 58.6 Å². The average Bonchev–Trinajstić information content (AvgIpc) is 2.63. The summed E-state index contributed by atoms with van der Waals surface area (Å²) in [6.45, 7) is 0. The largest absolute Gasteiger partial charge is 1.00 e. The van der Waals surface area contributed by atoms with E-state index in [0.29, 0.717) is 0 Å². The van der Waals surface area contributed by atoms with Crippen LogP contribution in [-0.2, 0) is 24.5 Å². The van der Waals surface area contributed by atoms with E-state index in [1.165, 1.54) is 0 Å². The zero-order valence-electron chi connectivity index (χ0n) is 18.1. The van der Waals surface area contributed by atoms with Crippen molar-refractivity contribution in [2.45, 2.75) is 53.4 Å². The Hall–Kier alpha value is -1.13. The topological polar surface area (TPSA) is 172 Å². The van der Waals surface area contributed by atoms with E-state index in [1.54, 1.807) is 0 Å². The summed E-state index contributed by atoms with van der Waals surface area (Å²) in [5.41, 5.74) is 0. The Bertz CT molecular complexity index is 1000. The first-order valence-electron chi connectivity index (χ1n) is 7.63. The monoisotopic (exact) mass is 640 g/mol. The fraction of sp³-hybridized carbons (Fsp3) is 0.750. The van der Waals surface area contributed by atoms with Crippen molar-refractivity contribution in [3.63, 3.8) is 0 Å². The maximum Gasteiger partial charge on any atom is 1.00 e. The number of carboxylic acids is 3. The maximum atomic E-state index is 12.8. The van der Waals surface area contributed by atoms with E-state index in [9.17, 15) is 98.9 Å². The first-order chi connectivity index (χ1) is 15.7. The summed E-state index contributed by atoms with van der Waals surface area (Å²) in [6, 6.07) is 0. The number of carbonyl (C=O) groups excluding carboxylic acids is 2. The summed E-state index contributed by atoms with van der Waals surface area (Å²) in [4.78, 5) is 29.5. The van der Waals surface area contributed by atoms with Crippen molar-refractivity contribution in [3.8, 4) is 0 Å². The second-order valence-electron chi connectivity index (χ2n) is 6.15. The predicted molar refractivity (Wildman–Crippen MR) is 73.3 cm³/mol. The van der Waals surface area contributed by atoms with Crippen molar-refractivity contribution < 1.29 is 157 Å². The molecule has 0 aliphatic carbocycles. The molecule has 0 saturated heterocycles. The fourth-order valence-electron chi connectivity index (χ4n) is 1.56. The van der Waals surface area contributed by atoms with Crippen LogP contribution in [0.3, 0.4) is 0 Å². The van der Waals surface area contributed by atoms with E-state index in [2.05, 4.69) is 0 Å². The van der Waals surface area contributed by atoms with Crippen LogP contribution in [0.4, 0.5) is 65.9 Å². The van der Waals surface area contributed by atoms with Crippen molar-refractivity contribution >= 4 is 28.0 Å². The second-order valence-corrected chi connectivity index (χ2v) is 7.75. The summed E-state index contributed by atoms with van der Waals surface area (Å²) in [5.74, 6) is -57.1. The van der Waals surface area contributed by atoms with E-state index < -0.39 is 81.4 Å². The van der Waals surface area contributed by atoms with Crippen LogP contribution in [0.5, 0.6) is 0 Å². The summed E-state index contributed by atoms with van der Waals surface area (Å²) in [5, 5.41) is 25.2. The minimum atomic E-state index is -8.50. The molecule has 0 heterocycles. The number of aliphatic carboxylic acids is 3. The van der Waals surface area contributed by atoms with Crippen LogP contribution in [0.1, 0.15) is 6.42 Å².